The standard InChI is InChI=1S/C30H30N36O6/c31-13-49-14(32)56-25(55-13)43-7(67)1-2(8(68)44-26-57-15(33)50-16(34)58-26)4(10(70)46-28-61-19(37)52-20(38)62-28)6(12(72)48-30-65-23(41)54-24(42)66-30)5(11(71)47-29-63-21(39)53-22(40)64-29)3(1)9(69)45-27-59-17(35)51-18(36)60-27/h(H5,31,32,43,49,55,56,67)(H5,33,34,44,50,57,58,68)(H5,35,36,45,51,59,60,69)(H5,37,38,46,52,61,62,70)(H5,39,40,47,53,63,64,71)(H5,41,42,48,54,65,66,72). The van der Waals surface area contributed by atoms with Crippen molar-refractivity contribution < 1.29 is 28.8 Å². The van der Waals surface area contributed by atoms with Crippen LogP contribution in [0.25, 0.3) is 0 Å². The lowest BCUT2D eigenvalue weighted by molar-refractivity contribution is 0.0948. The third-order valence-corrected chi connectivity index (χ3v) is 8.23. The van der Waals surface area contributed by atoms with Gasteiger partial charge in [0.15, 0.2) is 0 Å². The molecule has 0 saturated carbocycles. The molecule has 0 aliphatic rings. The summed E-state index contributed by atoms with van der Waals surface area (Å²) in [6, 6.07) is 0. The Bertz CT molecular complexity index is 2720. The van der Waals surface area contributed by atoms with Crippen molar-refractivity contribution in [2.75, 3.05) is 101 Å². The van der Waals surface area contributed by atoms with Gasteiger partial charge in [0.2, 0.25) is 107 Å². The van der Waals surface area contributed by atoms with Crippen LogP contribution in [0.5, 0.6) is 0 Å². The van der Waals surface area contributed by atoms with E-state index in [-0.39, 0.29) is 0 Å². The molecule has 6 aromatic heterocycles. The molecule has 30 N–H and O–H groups in total. The highest BCUT2D eigenvalue weighted by Crippen LogP contribution is 2.34. The highest BCUT2D eigenvalue weighted by Gasteiger charge is 2.42. The Morgan fingerprint density at radius 3 is 0.389 bits per heavy atom. The number of hydrogen-bond acceptors (Lipinski definition) is 36. The van der Waals surface area contributed by atoms with Crippen LogP contribution in [0.3, 0.4) is 0 Å². The molecule has 7 aromatic rings. The summed E-state index contributed by atoms with van der Waals surface area (Å²) in [6.07, 6.45) is 0. The van der Waals surface area contributed by atoms with Gasteiger partial charge in [-0.15, -0.1) is 0 Å². The lowest BCUT2D eigenvalue weighted by atomic mass is 9.83. The van der Waals surface area contributed by atoms with Crippen LogP contribution in [-0.4, -0.2) is 125 Å². The molecule has 0 fully saturated rings. The van der Waals surface area contributed by atoms with Crippen LogP contribution in [0.1, 0.15) is 62.1 Å². The lowest BCUT2D eigenvalue weighted by Gasteiger charge is -2.24. The average Bonchev–Trinajstić information content (AvgIpc) is 3.23. The van der Waals surface area contributed by atoms with Gasteiger partial charge in [0, 0.05) is 0 Å². The lowest BCUT2D eigenvalue weighted by Crippen LogP contribution is -2.37. The summed E-state index contributed by atoms with van der Waals surface area (Å²) in [5, 5.41) is 12.7. The fraction of sp³-hybridized carbons (Fsp3) is 0. The van der Waals surface area contributed by atoms with E-state index in [1.54, 1.807) is 0 Å². The van der Waals surface area contributed by atoms with E-state index in [9.17, 15) is 0 Å². The number of amides is 6. The van der Waals surface area contributed by atoms with E-state index >= 15 is 28.8 Å². The molecule has 0 radical (unpaired) electrons. The largest absolute Gasteiger partial charge is 0.368 e. The third kappa shape index (κ3) is 10.7. The predicted octanol–water partition coefficient (Wildman–Crippen LogP) is -6.70. The second-order valence-electron chi connectivity index (χ2n) is 13.2. The number of nitrogens with zero attached hydrogens (tertiary/aromatic N) is 18. The smallest absolute Gasteiger partial charge is 0.259 e. The summed E-state index contributed by atoms with van der Waals surface area (Å²) in [4.78, 5) is 158. The summed E-state index contributed by atoms with van der Waals surface area (Å²) >= 11 is 0. The SMILES string of the molecule is Nc1nc(N)nc(NC(=O)c2c(C(=O)Nc3nc(N)nc(N)n3)c(C(=O)Nc3nc(N)nc(N)n3)c(C(=O)Nc3nc(N)nc(N)n3)c(C(=O)Nc3nc(N)nc(N)n3)c2C(=O)Nc2nc(N)nc(N)n2)n1. The molecule has 0 spiro atoms. The van der Waals surface area contributed by atoms with Crippen molar-refractivity contribution in [3.63, 3.8) is 0 Å². The zero-order valence-corrected chi connectivity index (χ0v) is 35.4. The maximum Gasteiger partial charge on any atom is 0.259 e. The van der Waals surface area contributed by atoms with Gasteiger partial charge in [-0.1, -0.05) is 0 Å². The maximum absolute atomic E-state index is 15.1. The van der Waals surface area contributed by atoms with E-state index in [1.165, 1.54) is 0 Å². The first-order valence-corrected chi connectivity index (χ1v) is 18.7. The molecule has 0 aliphatic heterocycles. The molecule has 0 aliphatic carbocycles. The van der Waals surface area contributed by atoms with E-state index in [4.69, 9.17) is 68.8 Å². The fourth-order valence-electron chi connectivity index (χ4n) is 5.89. The van der Waals surface area contributed by atoms with Crippen molar-refractivity contribution in [1.29, 1.82) is 0 Å². The Morgan fingerprint density at radius 1 is 0.194 bits per heavy atom. The molecule has 42 nitrogen and oxygen atoms in total. The minimum absolute atomic E-state index is 0.595. The van der Waals surface area contributed by atoms with Gasteiger partial charge in [-0.2, -0.15) is 89.7 Å². The van der Waals surface area contributed by atoms with Crippen LogP contribution in [0.4, 0.5) is 107 Å². The van der Waals surface area contributed by atoms with Gasteiger partial charge < -0.3 is 68.8 Å². The first-order valence-electron chi connectivity index (χ1n) is 18.7. The Labute approximate surface area is 394 Å². The first-order chi connectivity index (χ1) is 34.0. The Hall–Kier alpha value is -12.3. The topological polar surface area (TPSA) is 719 Å². The highest BCUT2D eigenvalue weighted by molar-refractivity contribution is 6.33. The van der Waals surface area contributed by atoms with E-state index < -0.39 is 176 Å². The number of benzene rings is 1. The Balaban J connectivity index is 1.68. The number of carbonyl (C=O) groups is 6. The zero-order valence-electron chi connectivity index (χ0n) is 35.4. The fourth-order valence-corrected chi connectivity index (χ4v) is 5.89. The van der Waals surface area contributed by atoms with E-state index in [0.717, 1.165) is 0 Å². The summed E-state index contributed by atoms with van der Waals surface area (Å²) in [7, 11) is 0. The number of carbonyl (C=O) groups excluding carboxylic acids is 6. The molecule has 6 amide bonds. The number of nitrogens with two attached hydrogens (primary N) is 12. The van der Waals surface area contributed by atoms with Gasteiger partial charge in [0.25, 0.3) is 35.4 Å². The molecule has 72 heavy (non-hydrogen) atoms. The molecule has 0 bridgehead atoms. The summed E-state index contributed by atoms with van der Waals surface area (Å²) in [6.45, 7) is 0. The van der Waals surface area contributed by atoms with Crippen LogP contribution in [0.2, 0.25) is 0 Å². The molecular formula is C30H30N36O6. The van der Waals surface area contributed by atoms with Gasteiger partial charge in [0.05, 0.1) is 33.4 Å². The van der Waals surface area contributed by atoms with Crippen molar-refractivity contribution in [3.8, 4) is 0 Å². The molecule has 0 saturated heterocycles. The predicted molar refractivity (Wildman–Crippen MR) is 246 cm³/mol. The molecule has 1 aromatic carbocycles. The summed E-state index contributed by atoms with van der Waals surface area (Å²) in [5.74, 6) is -22.2. The van der Waals surface area contributed by atoms with Crippen LogP contribution in [-0.2, 0) is 0 Å². The molecule has 6 heterocycles. The van der Waals surface area contributed by atoms with Gasteiger partial charge in [0.1, 0.15) is 0 Å². The van der Waals surface area contributed by atoms with Gasteiger partial charge in [-0.3, -0.25) is 60.7 Å². The van der Waals surface area contributed by atoms with Gasteiger partial charge in [-0.25, -0.2) is 0 Å². The second kappa shape index (κ2) is 18.9. The molecule has 0 atom stereocenters. The number of hydrogen-bond donors (Lipinski definition) is 18. The third-order valence-electron chi connectivity index (χ3n) is 8.23. The minimum Gasteiger partial charge on any atom is -0.368 e. The molecule has 7 rings (SSSR count). The molecule has 42 heteroatoms. The average molecular weight is 991 g/mol. The highest BCUT2D eigenvalue weighted by atomic mass is 16.2. The van der Waals surface area contributed by atoms with Crippen molar-refractivity contribution in [1.82, 2.24) is 89.7 Å². The van der Waals surface area contributed by atoms with Crippen LogP contribution < -0.4 is 101 Å². The van der Waals surface area contributed by atoms with E-state index in [2.05, 4.69) is 122 Å². The number of nitrogens with one attached hydrogen (secondary N) is 6. The first kappa shape index (κ1) is 47.7. The number of anilines is 18. The van der Waals surface area contributed by atoms with Crippen LogP contribution in [0.15, 0.2) is 0 Å². The maximum atomic E-state index is 15.1. The summed E-state index contributed by atoms with van der Waals surface area (Å²) in [5.41, 5.74) is 60.8. The van der Waals surface area contributed by atoms with Gasteiger partial charge >= 0.3 is 0 Å². The molecule has 366 valence electrons. The Morgan fingerprint density at radius 2 is 0.292 bits per heavy atom. The van der Waals surface area contributed by atoms with E-state index in [1.807, 2.05) is 0 Å². The molecule has 0 unspecified atom stereocenters. The number of aromatic nitrogens is 18. The van der Waals surface area contributed by atoms with Crippen molar-refractivity contribution in [2.45, 2.75) is 0 Å². The minimum atomic E-state index is -1.71. The van der Waals surface area contributed by atoms with Crippen molar-refractivity contribution in [2.24, 2.45) is 0 Å². The second-order valence-corrected chi connectivity index (χ2v) is 13.2. The zero-order chi connectivity index (χ0) is 52.3. The number of nitrogen functional groups attached to an aromatic ring is 12. The normalized spacial score (nSPS) is 10.7. The van der Waals surface area contributed by atoms with Crippen LogP contribution in [0, 0.1) is 0 Å². The summed E-state index contributed by atoms with van der Waals surface area (Å²) < 4.78 is 0. The Kier molecular flexibility index (Phi) is 12.5. The van der Waals surface area contributed by atoms with Crippen molar-refractivity contribution in [3.05, 3.63) is 33.4 Å². The van der Waals surface area contributed by atoms with E-state index in [0.29, 0.717) is 0 Å². The molecular weight excluding hydrogens is 961 g/mol. The quantitative estimate of drug-likeness (QED) is 0.0541. The van der Waals surface area contributed by atoms with Crippen molar-refractivity contribution >= 4 is 143 Å². The van der Waals surface area contributed by atoms with Crippen LogP contribution >= 0.6 is 0 Å². The number of rotatable bonds is 12. The monoisotopic (exact) mass is 990 g/mol. The van der Waals surface area contributed by atoms with Gasteiger partial charge in [-0.05, 0) is 0 Å².